The number of benzene rings is 2. The van der Waals surface area contributed by atoms with Crippen LogP contribution in [0.25, 0.3) is 0 Å². The Hall–Kier alpha value is -0.770. The van der Waals surface area contributed by atoms with Gasteiger partial charge in [-0.3, -0.25) is 0 Å². The molecule has 19 heavy (non-hydrogen) atoms. The second-order valence-corrected chi connectivity index (χ2v) is 5.29. The molecule has 0 aliphatic carbocycles. The molecule has 0 fully saturated rings. The summed E-state index contributed by atoms with van der Waals surface area (Å²) in [5.74, 6) is 0.221. The second-order valence-electron chi connectivity index (χ2n) is 3.89. The molecule has 0 N–H and O–H groups in total. The lowest BCUT2D eigenvalue weighted by Gasteiger charge is -2.13. The number of halogens is 4. The van der Waals surface area contributed by atoms with Crippen LogP contribution in [0.3, 0.4) is 0 Å². The molecule has 0 unspecified atom stereocenters. The van der Waals surface area contributed by atoms with Gasteiger partial charge in [0.2, 0.25) is 0 Å². The molecule has 0 heterocycles. The molecular formula is C14H10BrCl2FO. The molecule has 0 atom stereocenters. The van der Waals surface area contributed by atoms with Crippen molar-refractivity contribution in [1.82, 2.24) is 0 Å². The van der Waals surface area contributed by atoms with Crippen LogP contribution >= 0.6 is 39.1 Å². The van der Waals surface area contributed by atoms with E-state index in [0.29, 0.717) is 26.7 Å². The van der Waals surface area contributed by atoms with Gasteiger partial charge in [-0.25, -0.2) is 4.39 Å². The number of ether oxygens (including phenoxy) is 1. The van der Waals surface area contributed by atoms with Crippen LogP contribution in [0.5, 0.6) is 5.75 Å². The lowest BCUT2D eigenvalue weighted by atomic mass is 10.2. The average Bonchev–Trinajstić information content (AvgIpc) is 2.38. The summed E-state index contributed by atoms with van der Waals surface area (Å²) in [7, 11) is 0. The summed E-state index contributed by atoms with van der Waals surface area (Å²) in [6, 6.07) is 9.83. The Bertz CT molecular complexity index is 590. The molecule has 0 spiro atoms. The molecule has 0 amide bonds. The van der Waals surface area contributed by atoms with Crippen molar-refractivity contribution in [2.24, 2.45) is 0 Å². The second kappa shape index (κ2) is 6.60. The zero-order valence-corrected chi connectivity index (χ0v) is 12.9. The van der Waals surface area contributed by atoms with Gasteiger partial charge in [-0.1, -0.05) is 57.3 Å². The standard InChI is InChI=1S/C14H10BrCl2FO/c15-7-10-5-11(16)6-12(17)14(10)19-8-9-3-1-2-4-13(9)18/h1-6H,7-8H2. The predicted molar refractivity (Wildman–Crippen MR) is 79.8 cm³/mol. The largest absolute Gasteiger partial charge is 0.487 e. The van der Waals surface area contributed by atoms with Gasteiger partial charge in [-0.2, -0.15) is 0 Å². The van der Waals surface area contributed by atoms with Crippen LogP contribution < -0.4 is 4.74 Å². The van der Waals surface area contributed by atoms with Gasteiger partial charge < -0.3 is 4.74 Å². The first-order valence-corrected chi connectivity index (χ1v) is 7.39. The maximum atomic E-state index is 13.5. The molecule has 0 aliphatic rings. The zero-order chi connectivity index (χ0) is 13.8. The summed E-state index contributed by atoms with van der Waals surface area (Å²) in [6.45, 7) is 0.119. The molecule has 100 valence electrons. The number of hydrogen-bond donors (Lipinski definition) is 0. The summed E-state index contributed by atoms with van der Waals surface area (Å²) in [6.07, 6.45) is 0. The van der Waals surface area contributed by atoms with Crippen LogP contribution in [0.4, 0.5) is 4.39 Å². The van der Waals surface area contributed by atoms with Crippen LogP contribution in [0, 0.1) is 5.82 Å². The van der Waals surface area contributed by atoms with Crippen molar-refractivity contribution in [1.29, 1.82) is 0 Å². The van der Waals surface area contributed by atoms with E-state index >= 15 is 0 Å². The van der Waals surface area contributed by atoms with Crippen molar-refractivity contribution in [3.8, 4) is 5.75 Å². The van der Waals surface area contributed by atoms with E-state index in [1.54, 1.807) is 30.3 Å². The Kier molecular flexibility index (Phi) is 5.08. The summed E-state index contributed by atoms with van der Waals surface area (Å²) in [5, 5.41) is 1.51. The van der Waals surface area contributed by atoms with E-state index in [1.165, 1.54) is 6.07 Å². The van der Waals surface area contributed by atoms with E-state index in [9.17, 15) is 4.39 Å². The van der Waals surface area contributed by atoms with Gasteiger partial charge in [0.1, 0.15) is 18.2 Å². The Morgan fingerprint density at radius 2 is 1.84 bits per heavy atom. The van der Waals surface area contributed by atoms with Gasteiger partial charge >= 0.3 is 0 Å². The van der Waals surface area contributed by atoms with Crippen molar-refractivity contribution in [2.45, 2.75) is 11.9 Å². The molecule has 0 aliphatic heterocycles. The van der Waals surface area contributed by atoms with Gasteiger partial charge in [-0.05, 0) is 18.2 Å². The van der Waals surface area contributed by atoms with Crippen molar-refractivity contribution >= 4 is 39.1 Å². The lowest BCUT2D eigenvalue weighted by molar-refractivity contribution is 0.298. The lowest BCUT2D eigenvalue weighted by Crippen LogP contribution is -2.00. The van der Waals surface area contributed by atoms with Crippen molar-refractivity contribution in [2.75, 3.05) is 0 Å². The van der Waals surface area contributed by atoms with Crippen molar-refractivity contribution in [3.63, 3.8) is 0 Å². The molecule has 0 bridgehead atoms. The zero-order valence-electron chi connectivity index (χ0n) is 9.80. The van der Waals surface area contributed by atoms with E-state index in [1.807, 2.05) is 0 Å². The third kappa shape index (κ3) is 3.62. The van der Waals surface area contributed by atoms with Gasteiger partial charge in [0.15, 0.2) is 0 Å². The minimum absolute atomic E-state index is 0.119. The number of alkyl halides is 1. The molecule has 0 saturated heterocycles. The normalized spacial score (nSPS) is 10.5. The minimum Gasteiger partial charge on any atom is -0.487 e. The van der Waals surface area contributed by atoms with E-state index in [4.69, 9.17) is 27.9 Å². The monoisotopic (exact) mass is 362 g/mol. The Morgan fingerprint density at radius 1 is 1.11 bits per heavy atom. The van der Waals surface area contributed by atoms with Gasteiger partial charge in [-0.15, -0.1) is 0 Å². The Balaban J connectivity index is 2.22. The first-order chi connectivity index (χ1) is 9.11. The fourth-order valence-corrected chi connectivity index (χ4v) is 2.65. The fraction of sp³-hybridized carbons (Fsp3) is 0.143. The highest BCUT2D eigenvalue weighted by atomic mass is 79.9. The molecule has 5 heteroatoms. The van der Waals surface area contributed by atoms with E-state index in [2.05, 4.69) is 15.9 Å². The first kappa shape index (κ1) is 14.6. The van der Waals surface area contributed by atoms with Crippen LogP contribution in [0.1, 0.15) is 11.1 Å². The highest BCUT2D eigenvalue weighted by Gasteiger charge is 2.11. The first-order valence-electron chi connectivity index (χ1n) is 5.52. The van der Waals surface area contributed by atoms with Crippen molar-refractivity contribution in [3.05, 3.63) is 63.4 Å². The average molecular weight is 364 g/mol. The highest BCUT2D eigenvalue weighted by Crippen LogP contribution is 2.34. The van der Waals surface area contributed by atoms with Crippen LogP contribution in [0.2, 0.25) is 10.0 Å². The van der Waals surface area contributed by atoms with Crippen LogP contribution in [-0.4, -0.2) is 0 Å². The molecule has 2 aromatic carbocycles. The quantitative estimate of drug-likeness (QED) is 0.642. The summed E-state index contributed by atoms with van der Waals surface area (Å²) < 4.78 is 19.1. The Labute approximate surface area is 129 Å². The molecule has 0 saturated carbocycles. The van der Waals surface area contributed by atoms with Gasteiger partial charge in [0.25, 0.3) is 0 Å². The SMILES string of the molecule is Fc1ccccc1COc1c(Cl)cc(Cl)cc1CBr. The number of hydrogen-bond acceptors (Lipinski definition) is 1. The molecule has 0 radical (unpaired) electrons. The van der Waals surface area contributed by atoms with Gasteiger partial charge in [0, 0.05) is 21.5 Å². The molecular weight excluding hydrogens is 354 g/mol. The molecule has 2 rings (SSSR count). The van der Waals surface area contributed by atoms with Crippen LogP contribution in [0.15, 0.2) is 36.4 Å². The fourth-order valence-electron chi connectivity index (χ4n) is 1.64. The molecule has 0 aromatic heterocycles. The van der Waals surface area contributed by atoms with E-state index in [0.717, 1.165) is 5.56 Å². The molecule has 2 aromatic rings. The number of rotatable bonds is 4. The third-order valence-electron chi connectivity index (χ3n) is 2.56. The molecule has 1 nitrogen and oxygen atoms in total. The maximum Gasteiger partial charge on any atom is 0.142 e. The summed E-state index contributed by atoms with van der Waals surface area (Å²) in [4.78, 5) is 0. The maximum absolute atomic E-state index is 13.5. The van der Waals surface area contributed by atoms with Gasteiger partial charge in [0.05, 0.1) is 5.02 Å². The minimum atomic E-state index is -0.298. The smallest absolute Gasteiger partial charge is 0.142 e. The summed E-state index contributed by atoms with van der Waals surface area (Å²) >= 11 is 15.4. The Morgan fingerprint density at radius 3 is 2.53 bits per heavy atom. The van der Waals surface area contributed by atoms with E-state index in [-0.39, 0.29) is 12.4 Å². The topological polar surface area (TPSA) is 9.23 Å². The van der Waals surface area contributed by atoms with Crippen LogP contribution in [-0.2, 0) is 11.9 Å². The van der Waals surface area contributed by atoms with E-state index < -0.39 is 0 Å². The third-order valence-corrected chi connectivity index (χ3v) is 3.66. The summed E-state index contributed by atoms with van der Waals surface area (Å²) in [5.41, 5.74) is 1.31. The predicted octanol–water partition coefficient (Wildman–Crippen LogP) is 5.61. The highest BCUT2D eigenvalue weighted by molar-refractivity contribution is 9.08. The van der Waals surface area contributed by atoms with Crippen molar-refractivity contribution < 1.29 is 9.13 Å².